The summed E-state index contributed by atoms with van der Waals surface area (Å²) in [6.45, 7) is 0.937. The molecule has 2 aromatic rings. The maximum absolute atomic E-state index is 12.6. The highest BCUT2D eigenvalue weighted by Crippen LogP contribution is 2.24. The van der Waals surface area contributed by atoms with E-state index in [1.807, 2.05) is 67.5 Å². The Morgan fingerprint density at radius 2 is 1.96 bits per heavy atom. The number of hydrogen-bond donors (Lipinski definition) is 1. The van der Waals surface area contributed by atoms with Crippen molar-refractivity contribution in [1.82, 2.24) is 4.90 Å². The summed E-state index contributed by atoms with van der Waals surface area (Å²) in [5, 5.41) is 2.94. The van der Waals surface area contributed by atoms with E-state index in [-0.39, 0.29) is 24.2 Å². The molecule has 1 aliphatic rings. The lowest BCUT2D eigenvalue weighted by Crippen LogP contribution is -2.28. The summed E-state index contributed by atoms with van der Waals surface area (Å²) in [5.74, 6) is 0.340. The van der Waals surface area contributed by atoms with Gasteiger partial charge in [0.1, 0.15) is 5.75 Å². The molecule has 6 nitrogen and oxygen atoms in total. The van der Waals surface area contributed by atoms with Gasteiger partial charge in [0, 0.05) is 45.0 Å². The zero-order valence-electron chi connectivity index (χ0n) is 15.9. The minimum atomic E-state index is -0.334. The molecule has 1 fully saturated rings. The third kappa shape index (κ3) is 4.58. The largest absolute Gasteiger partial charge is 0.497 e. The van der Waals surface area contributed by atoms with Crippen molar-refractivity contribution in [2.45, 2.75) is 13.0 Å². The van der Waals surface area contributed by atoms with Crippen molar-refractivity contribution in [3.8, 4) is 5.75 Å². The summed E-state index contributed by atoms with van der Waals surface area (Å²) in [5.41, 5.74) is 2.77. The number of amides is 2. The van der Waals surface area contributed by atoms with Crippen molar-refractivity contribution in [1.29, 1.82) is 0 Å². The molecule has 0 saturated carbocycles. The summed E-state index contributed by atoms with van der Waals surface area (Å²) >= 11 is 0. The fourth-order valence-corrected chi connectivity index (χ4v) is 3.16. The van der Waals surface area contributed by atoms with Gasteiger partial charge in [-0.25, -0.2) is 0 Å². The van der Waals surface area contributed by atoms with Gasteiger partial charge < -0.3 is 19.9 Å². The van der Waals surface area contributed by atoms with Crippen LogP contribution in [0.25, 0.3) is 0 Å². The van der Waals surface area contributed by atoms with E-state index in [2.05, 4.69) is 5.32 Å². The van der Waals surface area contributed by atoms with Crippen molar-refractivity contribution in [3.05, 3.63) is 54.1 Å². The number of hydrogen-bond acceptors (Lipinski definition) is 4. The molecule has 0 radical (unpaired) electrons. The number of anilines is 2. The van der Waals surface area contributed by atoms with Crippen molar-refractivity contribution in [2.24, 2.45) is 5.92 Å². The van der Waals surface area contributed by atoms with E-state index in [9.17, 15) is 9.59 Å². The lowest BCUT2D eigenvalue weighted by molar-refractivity contribution is -0.128. The van der Waals surface area contributed by atoms with Crippen molar-refractivity contribution >= 4 is 23.2 Å². The van der Waals surface area contributed by atoms with Gasteiger partial charge in [0.05, 0.1) is 13.0 Å². The third-order valence-corrected chi connectivity index (χ3v) is 4.75. The van der Waals surface area contributed by atoms with Crippen LogP contribution < -0.4 is 15.0 Å². The number of benzene rings is 2. The second-order valence-corrected chi connectivity index (χ2v) is 6.96. The smallest absolute Gasteiger partial charge is 0.229 e. The predicted octanol–water partition coefficient (Wildman–Crippen LogP) is 2.75. The molecular formula is C21H25N3O3. The van der Waals surface area contributed by atoms with E-state index in [1.165, 1.54) is 0 Å². The van der Waals surface area contributed by atoms with Gasteiger partial charge in [0.25, 0.3) is 0 Å². The van der Waals surface area contributed by atoms with Crippen LogP contribution in [0.4, 0.5) is 11.4 Å². The number of methoxy groups -OCH3 is 1. The van der Waals surface area contributed by atoms with E-state index in [4.69, 9.17) is 4.74 Å². The van der Waals surface area contributed by atoms with Crippen LogP contribution in [0.2, 0.25) is 0 Å². The SMILES string of the molecule is COc1ccc(CN2CC(C(=O)Nc3cccc(N(C)C)c3)CC2=O)cc1. The van der Waals surface area contributed by atoms with Gasteiger partial charge in [-0.15, -0.1) is 0 Å². The number of rotatable bonds is 6. The van der Waals surface area contributed by atoms with Crippen LogP contribution in [0.15, 0.2) is 48.5 Å². The van der Waals surface area contributed by atoms with Crippen LogP contribution in [0.1, 0.15) is 12.0 Å². The van der Waals surface area contributed by atoms with Crippen LogP contribution in [-0.2, 0) is 16.1 Å². The summed E-state index contributed by atoms with van der Waals surface area (Å²) < 4.78 is 5.15. The number of ether oxygens (including phenoxy) is 1. The molecule has 1 unspecified atom stereocenters. The molecule has 1 heterocycles. The highest BCUT2D eigenvalue weighted by atomic mass is 16.5. The second kappa shape index (κ2) is 8.12. The number of likely N-dealkylation sites (tertiary alicyclic amines) is 1. The number of nitrogens with one attached hydrogen (secondary N) is 1. The van der Waals surface area contributed by atoms with E-state index in [0.29, 0.717) is 13.1 Å². The van der Waals surface area contributed by atoms with Gasteiger partial charge in [-0.1, -0.05) is 18.2 Å². The van der Waals surface area contributed by atoms with E-state index in [0.717, 1.165) is 22.7 Å². The normalized spacial score (nSPS) is 16.3. The van der Waals surface area contributed by atoms with Gasteiger partial charge in [-0.05, 0) is 35.9 Å². The van der Waals surface area contributed by atoms with Crippen LogP contribution in [0.5, 0.6) is 5.75 Å². The molecule has 1 aliphatic heterocycles. The first-order valence-electron chi connectivity index (χ1n) is 8.95. The first-order valence-corrected chi connectivity index (χ1v) is 8.95. The Balaban J connectivity index is 1.60. The average molecular weight is 367 g/mol. The Morgan fingerprint density at radius 3 is 2.63 bits per heavy atom. The van der Waals surface area contributed by atoms with Crippen molar-refractivity contribution in [3.63, 3.8) is 0 Å². The molecule has 0 spiro atoms. The van der Waals surface area contributed by atoms with Crippen molar-refractivity contribution in [2.75, 3.05) is 38.0 Å². The first kappa shape index (κ1) is 18.8. The van der Waals surface area contributed by atoms with Gasteiger partial charge in [-0.3, -0.25) is 9.59 Å². The summed E-state index contributed by atoms with van der Waals surface area (Å²) in [4.78, 5) is 28.6. The molecule has 3 rings (SSSR count). The Labute approximate surface area is 159 Å². The highest BCUT2D eigenvalue weighted by Gasteiger charge is 2.34. The molecule has 1 atom stereocenters. The summed E-state index contributed by atoms with van der Waals surface area (Å²) in [6.07, 6.45) is 0.245. The van der Waals surface area contributed by atoms with Gasteiger partial charge in [0.2, 0.25) is 11.8 Å². The quantitative estimate of drug-likeness (QED) is 0.853. The van der Waals surface area contributed by atoms with Crippen LogP contribution >= 0.6 is 0 Å². The fraction of sp³-hybridized carbons (Fsp3) is 0.333. The summed E-state index contributed by atoms with van der Waals surface area (Å²) in [7, 11) is 5.53. The monoisotopic (exact) mass is 367 g/mol. The molecule has 142 valence electrons. The molecule has 2 aromatic carbocycles. The van der Waals surface area contributed by atoms with E-state index < -0.39 is 0 Å². The molecular weight excluding hydrogens is 342 g/mol. The maximum atomic E-state index is 12.6. The van der Waals surface area contributed by atoms with Crippen LogP contribution in [0.3, 0.4) is 0 Å². The maximum Gasteiger partial charge on any atom is 0.229 e. The topological polar surface area (TPSA) is 61.9 Å². The Morgan fingerprint density at radius 1 is 1.22 bits per heavy atom. The van der Waals surface area contributed by atoms with Gasteiger partial charge in [0.15, 0.2) is 0 Å². The molecule has 0 aromatic heterocycles. The average Bonchev–Trinajstić information content (AvgIpc) is 3.03. The lowest BCUT2D eigenvalue weighted by Gasteiger charge is -2.17. The minimum Gasteiger partial charge on any atom is -0.497 e. The molecule has 0 aliphatic carbocycles. The van der Waals surface area contributed by atoms with Crippen molar-refractivity contribution < 1.29 is 14.3 Å². The highest BCUT2D eigenvalue weighted by molar-refractivity contribution is 5.97. The Kier molecular flexibility index (Phi) is 5.64. The minimum absolute atomic E-state index is 0.00742. The third-order valence-electron chi connectivity index (χ3n) is 4.75. The van der Waals surface area contributed by atoms with Gasteiger partial charge >= 0.3 is 0 Å². The fourth-order valence-electron chi connectivity index (χ4n) is 3.16. The first-order chi connectivity index (χ1) is 13.0. The molecule has 1 N–H and O–H groups in total. The standard InChI is InChI=1S/C21H25N3O3/c1-23(2)18-6-4-5-17(12-18)22-21(26)16-11-20(25)24(14-16)13-15-7-9-19(27-3)10-8-15/h4-10,12,16H,11,13-14H2,1-3H3,(H,22,26). The second-order valence-electron chi connectivity index (χ2n) is 6.96. The van der Waals surface area contributed by atoms with E-state index in [1.54, 1.807) is 12.0 Å². The zero-order valence-corrected chi connectivity index (χ0v) is 15.9. The van der Waals surface area contributed by atoms with Gasteiger partial charge in [-0.2, -0.15) is 0 Å². The molecule has 27 heavy (non-hydrogen) atoms. The number of carbonyl (C=O) groups excluding carboxylic acids is 2. The Bertz CT molecular complexity index is 818. The lowest BCUT2D eigenvalue weighted by atomic mass is 10.1. The summed E-state index contributed by atoms with van der Waals surface area (Å²) in [6, 6.07) is 15.3. The molecule has 1 saturated heterocycles. The molecule has 2 amide bonds. The number of carbonyl (C=O) groups is 2. The predicted molar refractivity (Wildman–Crippen MR) is 106 cm³/mol. The molecule has 6 heteroatoms. The van der Waals surface area contributed by atoms with Crippen LogP contribution in [-0.4, -0.2) is 44.5 Å². The van der Waals surface area contributed by atoms with E-state index >= 15 is 0 Å². The zero-order chi connectivity index (χ0) is 19.4. The number of nitrogens with zero attached hydrogens (tertiary/aromatic N) is 2. The Hall–Kier alpha value is -3.02. The molecule has 0 bridgehead atoms. The van der Waals surface area contributed by atoms with Crippen LogP contribution in [0, 0.1) is 5.92 Å².